The van der Waals surface area contributed by atoms with Crippen molar-refractivity contribution in [3.63, 3.8) is 0 Å². The highest BCUT2D eigenvalue weighted by atomic mass is 16.5. The highest BCUT2D eigenvalue weighted by Crippen LogP contribution is 1.89. The summed E-state index contributed by atoms with van der Waals surface area (Å²) < 4.78 is 4.83. The predicted molar refractivity (Wildman–Crippen MR) is 43.0 cm³/mol. The van der Waals surface area contributed by atoms with Crippen molar-refractivity contribution in [2.45, 2.75) is 0 Å². The zero-order chi connectivity index (χ0) is 9.68. The van der Waals surface area contributed by atoms with Crippen molar-refractivity contribution in [2.75, 3.05) is 27.2 Å². The molecule has 1 N–H and O–H groups in total. The second kappa shape index (κ2) is 4.51. The Labute approximate surface area is 75.1 Å². The third-order valence-corrected chi connectivity index (χ3v) is 1.30. The molecule has 0 aromatic carbocycles. The molecule has 0 atom stereocenters. The highest BCUT2D eigenvalue weighted by molar-refractivity contribution is 5.84. The zero-order valence-corrected chi connectivity index (χ0v) is 7.52. The molecule has 72 valence electrons. The maximum atomic E-state index is 11.1. The van der Waals surface area contributed by atoms with E-state index in [-0.39, 0.29) is 5.82 Å². The van der Waals surface area contributed by atoms with Gasteiger partial charge in [0, 0.05) is 6.54 Å². The van der Waals surface area contributed by atoms with Gasteiger partial charge in [-0.2, -0.15) is 5.21 Å². The molecule has 13 heavy (non-hydrogen) atoms. The topological polar surface area (TPSA) is 84.0 Å². The Hall–Kier alpha value is -1.50. The summed E-state index contributed by atoms with van der Waals surface area (Å²) in [6.07, 6.45) is 0. The quantitative estimate of drug-likeness (QED) is 0.600. The van der Waals surface area contributed by atoms with Crippen LogP contribution in [0.4, 0.5) is 0 Å². The van der Waals surface area contributed by atoms with Crippen molar-refractivity contribution in [1.29, 1.82) is 0 Å². The Morgan fingerprint density at radius 1 is 1.62 bits per heavy atom. The highest BCUT2D eigenvalue weighted by Gasteiger charge is 2.11. The molecule has 0 radical (unpaired) electrons. The van der Waals surface area contributed by atoms with E-state index in [1.54, 1.807) is 0 Å². The van der Waals surface area contributed by atoms with Gasteiger partial charge in [-0.05, 0) is 19.3 Å². The van der Waals surface area contributed by atoms with Gasteiger partial charge in [0.2, 0.25) is 0 Å². The summed E-state index contributed by atoms with van der Waals surface area (Å²) in [4.78, 5) is 13.0. The van der Waals surface area contributed by atoms with E-state index in [0.29, 0.717) is 13.2 Å². The SMILES string of the molecule is CN(C)CCOC(=O)c1nn[nH]n1. The predicted octanol–water partition coefficient (Wildman–Crippen LogP) is -1.08. The maximum Gasteiger partial charge on any atom is 0.380 e. The molecule has 0 saturated heterocycles. The summed E-state index contributed by atoms with van der Waals surface area (Å²) in [5.41, 5.74) is 0. The lowest BCUT2D eigenvalue weighted by molar-refractivity contribution is 0.0467. The number of rotatable bonds is 4. The normalized spacial score (nSPS) is 10.4. The van der Waals surface area contributed by atoms with E-state index in [1.807, 2.05) is 19.0 Å². The third kappa shape index (κ3) is 3.16. The summed E-state index contributed by atoms with van der Waals surface area (Å²) in [5.74, 6) is -0.602. The smallest absolute Gasteiger partial charge is 0.380 e. The molecule has 0 unspecified atom stereocenters. The van der Waals surface area contributed by atoms with Crippen LogP contribution in [0.2, 0.25) is 0 Å². The lowest BCUT2D eigenvalue weighted by Gasteiger charge is -2.08. The van der Waals surface area contributed by atoms with Crippen LogP contribution in [-0.2, 0) is 4.74 Å². The van der Waals surface area contributed by atoms with Crippen LogP contribution < -0.4 is 0 Å². The monoisotopic (exact) mass is 185 g/mol. The number of ether oxygens (including phenoxy) is 1. The van der Waals surface area contributed by atoms with E-state index in [4.69, 9.17) is 4.74 Å². The van der Waals surface area contributed by atoms with Crippen LogP contribution in [0, 0.1) is 0 Å². The van der Waals surface area contributed by atoms with Crippen molar-refractivity contribution in [2.24, 2.45) is 0 Å². The van der Waals surface area contributed by atoms with Crippen LogP contribution in [0.15, 0.2) is 0 Å². The number of H-pyrrole nitrogens is 1. The molecule has 0 aliphatic rings. The molecule has 0 saturated carbocycles. The molecule has 0 fully saturated rings. The fourth-order valence-electron chi connectivity index (χ4n) is 0.634. The van der Waals surface area contributed by atoms with Gasteiger partial charge in [-0.25, -0.2) is 4.79 Å². The molecule has 0 amide bonds. The van der Waals surface area contributed by atoms with Crippen LogP contribution in [0.1, 0.15) is 10.6 Å². The molecule has 0 spiro atoms. The summed E-state index contributed by atoms with van der Waals surface area (Å²) in [6.45, 7) is 0.990. The minimum atomic E-state index is -0.560. The number of tetrazole rings is 1. The van der Waals surface area contributed by atoms with Crippen LogP contribution >= 0.6 is 0 Å². The Kier molecular flexibility index (Phi) is 3.32. The number of carbonyl (C=O) groups excluding carboxylic acids is 1. The van der Waals surface area contributed by atoms with Crippen molar-refractivity contribution in [3.05, 3.63) is 5.82 Å². The van der Waals surface area contributed by atoms with E-state index in [2.05, 4.69) is 20.6 Å². The molecular formula is C6H11N5O2. The summed E-state index contributed by atoms with van der Waals surface area (Å²) in [6, 6.07) is 0. The first-order valence-electron chi connectivity index (χ1n) is 3.75. The molecule has 0 bridgehead atoms. The Balaban J connectivity index is 2.27. The van der Waals surface area contributed by atoms with Crippen LogP contribution in [0.25, 0.3) is 0 Å². The van der Waals surface area contributed by atoms with Crippen LogP contribution in [0.3, 0.4) is 0 Å². The van der Waals surface area contributed by atoms with Crippen molar-refractivity contribution >= 4 is 5.97 Å². The van der Waals surface area contributed by atoms with Crippen LogP contribution in [-0.4, -0.2) is 58.7 Å². The van der Waals surface area contributed by atoms with Crippen molar-refractivity contribution in [1.82, 2.24) is 25.5 Å². The number of aromatic nitrogens is 4. The number of nitrogens with zero attached hydrogens (tertiary/aromatic N) is 4. The fourth-order valence-corrected chi connectivity index (χ4v) is 0.634. The first-order valence-corrected chi connectivity index (χ1v) is 3.75. The lowest BCUT2D eigenvalue weighted by atomic mass is 10.6. The summed E-state index contributed by atoms with van der Waals surface area (Å²) in [7, 11) is 3.78. The van der Waals surface area contributed by atoms with E-state index in [9.17, 15) is 4.79 Å². The van der Waals surface area contributed by atoms with Crippen LogP contribution in [0.5, 0.6) is 0 Å². The van der Waals surface area contributed by atoms with Gasteiger partial charge in [-0.3, -0.25) is 0 Å². The molecule has 1 rings (SSSR count). The standard InChI is InChI=1S/C6H11N5O2/c1-11(2)3-4-13-6(12)5-7-9-10-8-5/h3-4H2,1-2H3,(H,7,8,9,10). The largest absolute Gasteiger partial charge is 0.458 e. The summed E-state index contributed by atoms with van der Waals surface area (Å²) >= 11 is 0. The number of hydrogen-bond donors (Lipinski definition) is 1. The van der Waals surface area contributed by atoms with E-state index in [0.717, 1.165) is 0 Å². The first kappa shape index (κ1) is 9.59. The number of aromatic amines is 1. The number of hydrogen-bond acceptors (Lipinski definition) is 6. The molecule has 1 aromatic heterocycles. The second-order valence-corrected chi connectivity index (χ2v) is 2.67. The van der Waals surface area contributed by atoms with E-state index in [1.165, 1.54) is 0 Å². The second-order valence-electron chi connectivity index (χ2n) is 2.67. The van der Waals surface area contributed by atoms with E-state index >= 15 is 0 Å². The average Bonchev–Trinajstić information content (AvgIpc) is 2.55. The maximum absolute atomic E-state index is 11.1. The van der Waals surface area contributed by atoms with Gasteiger partial charge in [-0.1, -0.05) is 0 Å². The minimum absolute atomic E-state index is 0.0428. The van der Waals surface area contributed by atoms with Gasteiger partial charge >= 0.3 is 5.97 Å². The molecule has 1 aromatic rings. The molecule has 0 aliphatic heterocycles. The van der Waals surface area contributed by atoms with Gasteiger partial charge in [0.1, 0.15) is 6.61 Å². The molecule has 7 heteroatoms. The molecule has 1 heterocycles. The lowest BCUT2D eigenvalue weighted by Crippen LogP contribution is -2.20. The van der Waals surface area contributed by atoms with Gasteiger partial charge in [-0.15, -0.1) is 10.2 Å². The molecular weight excluding hydrogens is 174 g/mol. The Bertz CT molecular complexity index is 258. The number of carbonyl (C=O) groups is 1. The van der Waals surface area contributed by atoms with Gasteiger partial charge in [0.15, 0.2) is 0 Å². The first-order chi connectivity index (χ1) is 6.20. The Morgan fingerprint density at radius 3 is 2.92 bits per heavy atom. The van der Waals surface area contributed by atoms with Gasteiger partial charge < -0.3 is 9.64 Å². The minimum Gasteiger partial charge on any atom is -0.458 e. The third-order valence-electron chi connectivity index (χ3n) is 1.30. The zero-order valence-electron chi connectivity index (χ0n) is 7.52. The number of likely N-dealkylation sites (N-methyl/N-ethyl adjacent to an activating group) is 1. The average molecular weight is 185 g/mol. The number of esters is 1. The number of nitrogens with one attached hydrogen (secondary N) is 1. The summed E-state index contributed by atoms with van der Waals surface area (Å²) in [5, 5.41) is 12.4. The molecule has 7 nitrogen and oxygen atoms in total. The van der Waals surface area contributed by atoms with Crippen molar-refractivity contribution < 1.29 is 9.53 Å². The molecule has 0 aliphatic carbocycles. The van der Waals surface area contributed by atoms with Gasteiger partial charge in [0.05, 0.1) is 0 Å². The van der Waals surface area contributed by atoms with E-state index < -0.39 is 5.97 Å². The van der Waals surface area contributed by atoms with Gasteiger partial charge in [0.25, 0.3) is 5.82 Å². The Morgan fingerprint density at radius 2 is 2.38 bits per heavy atom. The van der Waals surface area contributed by atoms with Crippen molar-refractivity contribution in [3.8, 4) is 0 Å². The fraction of sp³-hybridized carbons (Fsp3) is 0.667.